The molecule has 1 aromatic rings. The maximum atomic E-state index is 13.0. The highest BCUT2D eigenvalue weighted by atomic mass is 32.1. The predicted molar refractivity (Wildman–Crippen MR) is 62.3 cm³/mol. The Hall–Kier alpha value is -1.49. The van der Waals surface area contributed by atoms with E-state index in [4.69, 9.17) is 17.3 Å². The summed E-state index contributed by atoms with van der Waals surface area (Å²) < 4.78 is 13.0. The summed E-state index contributed by atoms with van der Waals surface area (Å²) in [5, 5.41) is 8.79. The second-order valence-electron chi connectivity index (χ2n) is 3.65. The van der Waals surface area contributed by atoms with Crippen molar-refractivity contribution in [2.45, 2.75) is 12.8 Å². The van der Waals surface area contributed by atoms with Crippen LogP contribution in [0.15, 0.2) is 18.2 Å². The number of carboxylic acid groups (broad SMARTS) is 1. The van der Waals surface area contributed by atoms with E-state index in [2.05, 4.69) is 0 Å². The van der Waals surface area contributed by atoms with Gasteiger partial charge < -0.3 is 10.0 Å². The van der Waals surface area contributed by atoms with E-state index in [-0.39, 0.29) is 12.4 Å². The largest absolute Gasteiger partial charge is 0.480 e. The molecule has 16 heavy (non-hydrogen) atoms. The quantitative estimate of drug-likeness (QED) is 0.801. The Kier molecular flexibility index (Phi) is 2.87. The predicted octanol–water partition coefficient (Wildman–Crippen LogP) is 1.99. The zero-order valence-corrected chi connectivity index (χ0v) is 9.26. The molecular weight excluding hydrogens is 229 g/mol. The molecule has 0 amide bonds. The van der Waals surface area contributed by atoms with Crippen LogP contribution in [0.5, 0.6) is 0 Å². The van der Waals surface area contributed by atoms with E-state index in [1.54, 1.807) is 11.0 Å². The second-order valence-corrected chi connectivity index (χ2v) is 4.12. The van der Waals surface area contributed by atoms with Crippen LogP contribution in [0.1, 0.15) is 12.0 Å². The monoisotopic (exact) mass is 239 g/mol. The number of halogens is 1. The molecule has 0 bridgehead atoms. The van der Waals surface area contributed by atoms with Crippen LogP contribution >= 0.6 is 12.2 Å². The summed E-state index contributed by atoms with van der Waals surface area (Å²) in [5.74, 6) is -1.25. The van der Waals surface area contributed by atoms with Gasteiger partial charge in [-0.1, -0.05) is 12.2 Å². The molecule has 0 spiro atoms. The molecule has 84 valence electrons. The van der Waals surface area contributed by atoms with Gasteiger partial charge in [0.25, 0.3) is 0 Å². The first-order valence-corrected chi connectivity index (χ1v) is 5.29. The molecule has 1 aliphatic heterocycles. The third kappa shape index (κ3) is 2.04. The van der Waals surface area contributed by atoms with Crippen molar-refractivity contribution in [3.63, 3.8) is 0 Å². The summed E-state index contributed by atoms with van der Waals surface area (Å²) in [5.41, 5.74) is 1.52. The van der Waals surface area contributed by atoms with Gasteiger partial charge in [0, 0.05) is 12.1 Å². The van der Waals surface area contributed by atoms with Crippen molar-refractivity contribution in [3.8, 4) is 0 Å². The lowest BCUT2D eigenvalue weighted by atomic mass is 10.0. The zero-order chi connectivity index (χ0) is 11.7. The van der Waals surface area contributed by atoms with Crippen LogP contribution in [0, 0.1) is 5.82 Å². The number of benzene rings is 1. The first kappa shape index (κ1) is 11.0. The van der Waals surface area contributed by atoms with Crippen molar-refractivity contribution < 1.29 is 14.3 Å². The molecule has 0 saturated heterocycles. The molecule has 0 unspecified atom stereocenters. The Morgan fingerprint density at radius 1 is 1.50 bits per heavy atom. The SMILES string of the molecule is O=C(O)CN1C(=S)CCc2cc(F)ccc21. The second kappa shape index (κ2) is 4.17. The van der Waals surface area contributed by atoms with Crippen LogP contribution in [0.4, 0.5) is 10.1 Å². The number of carbonyl (C=O) groups is 1. The Balaban J connectivity index is 2.40. The number of nitrogens with zero attached hydrogens (tertiary/aromatic N) is 1. The molecule has 2 rings (SSSR count). The van der Waals surface area contributed by atoms with Crippen molar-refractivity contribution in [1.82, 2.24) is 0 Å². The number of anilines is 1. The average Bonchev–Trinajstić information content (AvgIpc) is 2.22. The van der Waals surface area contributed by atoms with Gasteiger partial charge in [-0.05, 0) is 30.2 Å². The van der Waals surface area contributed by atoms with Crippen molar-refractivity contribution in [1.29, 1.82) is 0 Å². The lowest BCUT2D eigenvalue weighted by Gasteiger charge is -2.30. The Bertz CT molecular complexity index is 461. The minimum atomic E-state index is -0.945. The summed E-state index contributed by atoms with van der Waals surface area (Å²) in [6, 6.07) is 4.34. The maximum absolute atomic E-state index is 13.0. The van der Waals surface area contributed by atoms with Gasteiger partial charge in [0.2, 0.25) is 0 Å². The van der Waals surface area contributed by atoms with Crippen LogP contribution in [0.2, 0.25) is 0 Å². The molecule has 1 aromatic carbocycles. The number of fused-ring (bicyclic) bond motifs is 1. The fourth-order valence-electron chi connectivity index (χ4n) is 1.84. The van der Waals surface area contributed by atoms with Crippen molar-refractivity contribution in [2.75, 3.05) is 11.4 Å². The number of hydrogen-bond donors (Lipinski definition) is 1. The molecule has 0 saturated carbocycles. The molecule has 0 aliphatic carbocycles. The molecule has 0 atom stereocenters. The van der Waals surface area contributed by atoms with E-state index in [9.17, 15) is 9.18 Å². The van der Waals surface area contributed by atoms with Crippen LogP contribution in [0.25, 0.3) is 0 Å². The standard InChI is InChI=1S/C11H10FNO2S/c12-8-2-3-9-7(5-8)1-4-10(16)13(9)6-11(14)15/h2-3,5H,1,4,6H2,(H,14,15). The average molecular weight is 239 g/mol. The molecule has 0 aromatic heterocycles. The lowest BCUT2D eigenvalue weighted by Crippen LogP contribution is -2.37. The number of carboxylic acids is 1. The van der Waals surface area contributed by atoms with E-state index in [0.717, 1.165) is 5.56 Å². The smallest absolute Gasteiger partial charge is 0.323 e. The number of aliphatic carboxylic acids is 1. The molecule has 5 heteroatoms. The van der Waals surface area contributed by atoms with Gasteiger partial charge in [0.1, 0.15) is 12.4 Å². The summed E-state index contributed by atoms with van der Waals surface area (Å²) in [4.78, 5) is 12.9. The van der Waals surface area contributed by atoms with Crippen molar-refractivity contribution in [2.24, 2.45) is 0 Å². The molecule has 0 radical (unpaired) electrons. The number of thiocarbonyl (C=S) groups is 1. The molecule has 1 heterocycles. The Morgan fingerprint density at radius 3 is 2.94 bits per heavy atom. The summed E-state index contributed by atoms with van der Waals surface area (Å²) in [6.07, 6.45) is 1.26. The van der Waals surface area contributed by atoms with E-state index in [0.29, 0.717) is 23.5 Å². The van der Waals surface area contributed by atoms with Crippen LogP contribution < -0.4 is 4.90 Å². The third-order valence-corrected chi connectivity index (χ3v) is 2.96. The summed E-state index contributed by atoms with van der Waals surface area (Å²) in [6.45, 7) is -0.169. The minimum Gasteiger partial charge on any atom is -0.480 e. The Labute approximate surface area is 97.5 Å². The van der Waals surface area contributed by atoms with Crippen molar-refractivity contribution >= 4 is 28.9 Å². The number of rotatable bonds is 2. The van der Waals surface area contributed by atoms with E-state index >= 15 is 0 Å². The molecule has 1 aliphatic rings. The molecule has 3 nitrogen and oxygen atoms in total. The minimum absolute atomic E-state index is 0.169. The molecular formula is C11H10FNO2S. The van der Waals surface area contributed by atoms with Gasteiger partial charge in [0.05, 0.1) is 4.99 Å². The first-order chi connectivity index (χ1) is 7.58. The van der Waals surface area contributed by atoms with Crippen LogP contribution in [-0.2, 0) is 11.2 Å². The van der Waals surface area contributed by atoms with Crippen molar-refractivity contribution in [3.05, 3.63) is 29.6 Å². The first-order valence-electron chi connectivity index (χ1n) is 4.88. The fourth-order valence-corrected chi connectivity index (χ4v) is 2.10. The molecule has 1 N–H and O–H groups in total. The number of hydrogen-bond acceptors (Lipinski definition) is 2. The highest BCUT2D eigenvalue weighted by Crippen LogP contribution is 2.28. The zero-order valence-electron chi connectivity index (χ0n) is 8.44. The van der Waals surface area contributed by atoms with Gasteiger partial charge >= 0.3 is 5.97 Å². The van der Waals surface area contributed by atoms with Gasteiger partial charge in [-0.15, -0.1) is 0 Å². The molecule has 0 fully saturated rings. The topological polar surface area (TPSA) is 40.5 Å². The number of aryl methyl sites for hydroxylation is 1. The normalized spacial score (nSPS) is 14.8. The van der Waals surface area contributed by atoms with E-state index in [1.807, 2.05) is 0 Å². The highest BCUT2D eigenvalue weighted by molar-refractivity contribution is 7.80. The van der Waals surface area contributed by atoms with Crippen LogP contribution in [-0.4, -0.2) is 22.6 Å². The summed E-state index contributed by atoms with van der Waals surface area (Å²) in [7, 11) is 0. The van der Waals surface area contributed by atoms with Gasteiger partial charge in [0.15, 0.2) is 0 Å². The lowest BCUT2D eigenvalue weighted by molar-refractivity contribution is -0.135. The summed E-state index contributed by atoms with van der Waals surface area (Å²) >= 11 is 5.12. The Morgan fingerprint density at radius 2 is 2.25 bits per heavy atom. The highest BCUT2D eigenvalue weighted by Gasteiger charge is 2.23. The third-order valence-electron chi connectivity index (χ3n) is 2.53. The fraction of sp³-hybridized carbons (Fsp3) is 0.273. The maximum Gasteiger partial charge on any atom is 0.323 e. The van der Waals surface area contributed by atoms with Gasteiger partial charge in [-0.2, -0.15) is 0 Å². The van der Waals surface area contributed by atoms with Crippen LogP contribution in [0.3, 0.4) is 0 Å². The van der Waals surface area contributed by atoms with Gasteiger partial charge in [-0.25, -0.2) is 4.39 Å². The van der Waals surface area contributed by atoms with E-state index < -0.39 is 5.97 Å². The van der Waals surface area contributed by atoms with Gasteiger partial charge in [-0.3, -0.25) is 4.79 Å². The van der Waals surface area contributed by atoms with E-state index in [1.165, 1.54) is 12.1 Å².